The molecular weight excluding hydrogens is 232 g/mol. The Morgan fingerprint density at radius 3 is 3.08 bits per heavy atom. The van der Waals surface area contributed by atoms with Crippen LogP contribution in [0.2, 0.25) is 0 Å². The van der Waals surface area contributed by atoms with Crippen LogP contribution < -0.4 is 4.74 Å². The number of carbonyl (C=O) groups is 1. The maximum absolute atomic E-state index is 11.5. The first-order valence-electron chi connectivity index (χ1n) is 4.11. The van der Waals surface area contributed by atoms with Gasteiger partial charge in [-0.25, -0.2) is 0 Å². The van der Waals surface area contributed by atoms with Crippen molar-refractivity contribution in [3.8, 4) is 5.75 Å². The molecule has 0 aromatic heterocycles. The Labute approximate surface area is 85.0 Å². The van der Waals surface area contributed by atoms with Gasteiger partial charge in [0.15, 0.2) is 10.8 Å². The number of ketones is 1. The third kappa shape index (κ3) is 1.61. The molecule has 13 heavy (non-hydrogen) atoms. The van der Waals surface area contributed by atoms with Gasteiger partial charge in [0.1, 0.15) is 5.75 Å². The zero-order valence-electron chi connectivity index (χ0n) is 7.21. The zero-order chi connectivity index (χ0) is 9.42. The second-order valence-corrected chi connectivity index (χ2v) is 4.18. The number of halogens is 1. The molecule has 0 N–H and O–H groups in total. The second-order valence-electron chi connectivity index (χ2n) is 3.15. The molecule has 1 atom stereocenters. The predicted octanol–water partition coefficient (Wildman–Crippen LogP) is 2.68. The number of rotatable bonds is 0. The molecule has 3 heteroatoms. The lowest BCUT2D eigenvalue weighted by atomic mass is 10.0. The molecule has 0 saturated heterocycles. The molecule has 2 nitrogen and oxygen atoms in total. The molecule has 1 aromatic rings. The van der Waals surface area contributed by atoms with Crippen molar-refractivity contribution < 1.29 is 9.53 Å². The van der Waals surface area contributed by atoms with Crippen LogP contribution in [0.5, 0.6) is 5.75 Å². The number of fused-ring (bicyclic) bond motifs is 1. The first-order chi connectivity index (χ1) is 6.16. The summed E-state index contributed by atoms with van der Waals surface area (Å²) in [4.78, 5) is 11.5. The number of Topliss-reactive ketones (excluding diaryl/α,β-unsaturated/α-hetero) is 1. The average Bonchev–Trinajstić information content (AvgIpc) is 2.02. The van der Waals surface area contributed by atoms with Crippen molar-refractivity contribution in [3.05, 3.63) is 29.3 Å². The van der Waals surface area contributed by atoms with Crippen LogP contribution in [-0.2, 0) is 0 Å². The van der Waals surface area contributed by atoms with Crippen LogP contribution in [0.1, 0.15) is 22.3 Å². The van der Waals surface area contributed by atoms with Crippen molar-refractivity contribution in [2.75, 3.05) is 0 Å². The Kier molecular flexibility index (Phi) is 2.12. The van der Waals surface area contributed by atoms with Gasteiger partial charge >= 0.3 is 0 Å². The van der Waals surface area contributed by atoms with Crippen LogP contribution in [0.25, 0.3) is 0 Å². The molecule has 0 spiro atoms. The fraction of sp³-hybridized carbons (Fsp3) is 0.300. The summed E-state index contributed by atoms with van der Waals surface area (Å²) in [6.45, 7) is 1.98. The van der Waals surface area contributed by atoms with Crippen molar-refractivity contribution in [2.24, 2.45) is 0 Å². The van der Waals surface area contributed by atoms with Crippen LogP contribution in [-0.4, -0.2) is 10.8 Å². The summed E-state index contributed by atoms with van der Waals surface area (Å²) in [7, 11) is 0. The van der Waals surface area contributed by atoms with Crippen molar-refractivity contribution in [3.63, 3.8) is 0 Å². The van der Waals surface area contributed by atoms with E-state index in [2.05, 4.69) is 15.9 Å². The van der Waals surface area contributed by atoms with E-state index in [1.807, 2.05) is 25.1 Å². The van der Waals surface area contributed by atoms with Gasteiger partial charge in [-0.2, -0.15) is 0 Å². The summed E-state index contributed by atoms with van der Waals surface area (Å²) in [5, 5.41) is -0.172. The van der Waals surface area contributed by atoms with Gasteiger partial charge in [-0.05, 0) is 40.5 Å². The molecule has 68 valence electrons. The average molecular weight is 241 g/mol. The van der Waals surface area contributed by atoms with Gasteiger partial charge in [-0.3, -0.25) is 4.79 Å². The Hall–Kier alpha value is -0.830. The summed E-state index contributed by atoms with van der Waals surface area (Å²) in [6, 6.07) is 5.64. The van der Waals surface area contributed by atoms with E-state index in [1.54, 1.807) is 0 Å². The zero-order valence-corrected chi connectivity index (χ0v) is 8.80. The molecule has 0 radical (unpaired) electrons. The van der Waals surface area contributed by atoms with Crippen molar-refractivity contribution in [1.29, 1.82) is 0 Å². The maximum Gasteiger partial charge on any atom is 0.171 e. The number of benzene rings is 1. The minimum atomic E-state index is -0.172. The first kappa shape index (κ1) is 8.75. The molecule has 0 fully saturated rings. The number of hydrogen-bond donors (Lipinski definition) is 0. The number of carbonyl (C=O) groups excluding carboxylic acids is 1. The van der Waals surface area contributed by atoms with Gasteiger partial charge in [-0.15, -0.1) is 0 Å². The van der Waals surface area contributed by atoms with Crippen molar-refractivity contribution in [1.82, 2.24) is 0 Å². The lowest BCUT2D eigenvalue weighted by molar-refractivity contribution is 0.0921. The van der Waals surface area contributed by atoms with Gasteiger partial charge in [-0.1, -0.05) is 6.07 Å². The van der Waals surface area contributed by atoms with Gasteiger partial charge < -0.3 is 4.74 Å². The predicted molar refractivity (Wildman–Crippen MR) is 53.5 cm³/mol. The van der Waals surface area contributed by atoms with E-state index >= 15 is 0 Å². The lowest BCUT2D eigenvalue weighted by Crippen LogP contribution is -2.21. The Morgan fingerprint density at radius 2 is 2.31 bits per heavy atom. The highest BCUT2D eigenvalue weighted by Gasteiger charge is 2.23. The maximum atomic E-state index is 11.5. The van der Waals surface area contributed by atoms with Gasteiger partial charge in [0, 0.05) is 0 Å². The van der Waals surface area contributed by atoms with E-state index in [4.69, 9.17) is 4.74 Å². The van der Waals surface area contributed by atoms with Crippen LogP contribution >= 0.6 is 15.9 Å². The summed E-state index contributed by atoms with van der Waals surface area (Å²) in [5.74, 6) is 0.834. The van der Waals surface area contributed by atoms with E-state index in [0.717, 1.165) is 5.56 Å². The molecule has 1 aliphatic heterocycles. The standard InChI is InChI=1S/C10H9BrO2/c1-6-2-3-7-8(12)5-10(11)13-9(7)4-6/h2-4,10H,5H2,1H3. The summed E-state index contributed by atoms with van der Waals surface area (Å²) in [6.07, 6.45) is 0.413. The number of hydrogen-bond acceptors (Lipinski definition) is 2. The topological polar surface area (TPSA) is 26.3 Å². The minimum Gasteiger partial charge on any atom is -0.478 e. The quantitative estimate of drug-likeness (QED) is 0.652. The monoisotopic (exact) mass is 240 g/mol. The van der Waals surface area contributed by atoms with E-state index in [-0.39, 0.29) is 10.8 Å². The van der Waals surface area contributed by atoms with E-state index in [9.17, 15) is 4.79 Å². The molecule has 1 heterocycles. The highest BCUT2D eigenvalue weighted by atomic mass is 79.9. The number of aryl methyl sites for hydroxylation is 1. The molecule has 2 rings (SSSR count). The smallest absolute Gasteiger partial charge is 0.171 e. The number of alkyl halides is 1. The summed E-state index contributed by atoms with van der Waals surface area (Å²) in [5.41, 5.74) is 1.80. The van der Waals surface area contributed by atoms with Gasteiger partial charge in [0.05, 0.1) is 12.0 Å². The second kappa shape index (κ2) is 3.14. The highest BCUT2D eigenvalue weighted by molar-refractivity contribution is 9.09. The molecule has 0 aliphatic carbocycles. The molecule has 1 aromatic carbocycles. The molecular formula is C10H9BrO2. The minimum absolute atomic E-state index is 0.142. The van der Waals surface area contributed by atoms with Crippen LogP contribution in [0, 0.1) is 6.92 Å². The van der Waals surface area contributed by atoms with Crippen LogP contribution in [0.15, 0.2) is 18.2 Å². The fourth-order valence-electron chi connectivity index (χ4n) is 1.39. The van der Waals surface area contributed by atoms with Crippen molar-refractivity contribution >= 4 is 21.7 Å². The van der Waals surface area contributed by atoms with E-state index in [1.165, 1.54) is 0 Å². The van der Waals surface area contributed by atoms with Crippen LogP contribution in [0.4, 0.5) is 0 Å². The molecule has 1 unspecified atom stereocenters. The van der Waals surface area contributed by atoms with Crippen molar-refractivity contribution in [2.45, 2.75) is 18.4 Å². The Morgan fingerprint density at radius 1 is 1.54 bits per heavy atom. The Balaban J connectivity index is 2.49. The van der Waals surface area contributed by atoms with Gasteiger partial charge in [0.25, 0.3) is 0 Å². The molecule has 0 saturated carbocycles. The van der Waals surface area contributed by atoms with E-state index in [0.29, 0.717) is 17.7 Å². The first-order valence-corrected chi connectivity index (χ1v) is 5.03. The molecule has 1 aliphatic rings. The summed E-state index contributed by atoms with van der Waals surface area (Å²) >= 11 is 3.28. The third-order valence-electron chi connectivity index (χ3n) is 2.04. The molecule has 0 bridgehead atoms. The largest absolute Gasteiger partial charge is 0.478 e. The van der Waals surface area contributed by atoms with Gasteiger partial charge in [0.2, 0.25) is 0 Å². The highest BCUT2D eigenvalue weighted by Crippen LogP contribution is 2.30. The summed E-state index contributed by atoms with van der Waals surface area (Å²) < 4.78 is 5.48. The molecule has 0 amide bonds. The third-order valence-corrected chi connectivity index (χ3v) is 2.55. The normalized spacial score (nSPS) is 20.8. The Bertz CT molecular complexity index is 360. The SMILES string of the molecule is Cc1ccc2c(c1)OC(Br)CC2=O. The lowest BCUT2D eigenvalue weighted by Gasteiger charge is -2.20. The fourth-order valence-corrected chi connectivity index (χ4v) is 1.89. The van der Waals surface area contributed by atoms with Crippen LogP contribution in [0.3, 0.4) is 0 Å². The van der Waals surface area contributed by atoms with E-state index < -0.39 is 0 Å². The number of ether oxygens (including phenoxy) is 1.